The van der Waals surface area contributed by atoms with E-state index in [2.05, 4.69) is 6.58 Å². The van der Waals surface area contributed by atoms with E-state index in [-0.39, 0.29) is 36.7 Å². The molecule has 4 amide bonds. The lowest BCUT2D eigenvalue weighted by atomic mass is 10.1. The van der Waals surface area contributed by atoms with Crippen LogP contribution in [0.4, 0.5) is 4.79 Å². The first-order valence-corrected chi connectivity index (χ1v) is 6.69. The first-order chi connectivity index (χ1) is 10.1. The van der Waals surface area contributed by atoms with E-state index in [4.69, 9.17) is 4.42 Å². The smallest absolute Gasteiger partial charge is 0.327 e. The van der Waals surface area contributed by atoms with E-state index in [0.29, 0.717) is 13.1 Å². The Labute approximate surface area is 121 Å². The van der Waals surface area contributed by atoms with Crippen molar-refractivity contribution in [3.8, 4) is 0 Å². The van der Waals surface area contributed by atoms with Crippen molar-refractivity contribution < 1.29 is 18.8 Å². The van der Waals surface area contributed by atoms with Crippen LogP contribution in [-0.4, -0.2) is 64.8 Å². The monoisotopic (exact) mass is 289 g/mol. The van der Waals surface area contributed by atoms with Gasteiger partial charge in [0.1, 0.15) is 6.04 Å². The number of imide groups is 1. The third kappa shape index (κ3) is 2.10. The zero-order valence-corrected chi connectivity index (χ0v) is 11.4. The van der Waals surface area contributed by atoms with Crippen molar-refractivity contribution in [1.29, 1.82) is 0 Å². The van der Waals surface area contributed by atoms with Crippen molar-refractivity contribution in [2.45, 2.75) is 6.04 Å². The molecule has 0 N–H and O–H groups in total. The second-order valence-electron chi connectivity index (χ2n) is 4.96. The molecule has 0 bridgehead atoms. The summed E-state index contributed by atoms with van der Waals surface area (Å²) in [7, 11) is 0. The Morgan fingerprint density at radius 1 is 1.43 bits per heavy atom. The predicted octanol–water partition coefficient (Wildman–Crippen LogP) is 0.554. The highest BCUT2D eigenvalue weighted by atomic mass is 16.3. The molecule has 1 aromatic heterocycles. The molecule has 0 radical (unpaired) electrons. The van der Waals surface area contributed by atoms with E-state index in [9.17, 15) is 14.4 Å². The largest absolute Gasteiger partial charge is 0.459 e. The quantitative estimate of drug-likeness (QED) is 0.602. The highest BCUT2D eigenvalue weighted by molar-refractivity contribution is 6.05. The van der Waals surface area contributed by atoms with E-state index in [0.717, 1.165) is 0 Å². The van der Waals surface area contributed by atoms with Crippen LogP contribution < -0.4 is 0 Å². The summed E-state index contributed by atoms with van der Waals surface area (Å²) < 4.78 is 5.09. The molecule has 7 heteroatoms. The molecule has 2 saturated heterocycles. The summed E-state index contributed by atoms with van der Waals surface area (Å²) in [6, 6.07) is 2.31. The average Bonchev–Trinajstić information content (AvgIpc) is 3.10. The van der Waals surface area contributed by atoms with Gasteiger partial charge in [-0.15, -0.1) is 6.58 Å². The number of amides is 4. The molecular weight excluding hydrogens is 274 g/mol. The lowest BCUT2D eigenvalue weighted by Crippen LogP contribution is -2.54. The van der Waals surface area contributed by atoms with Gasteiger partial charge < -0.3 is 14.2 Å². The highest BCUT2D eigenvalue weighted by Gasteiger charge is 2.48. The highest BCUT2D eigenvalue weighted by Crippen LogP contribution is 2.23. The van der Waals surface area contributed by atoms with Gasteiger partial charge in [0, 0.05) is 19.6 Å². The van der Waals surface area contributed by atoms with Gasteiger partial charge >= 0.3 is 6.03 Å². The Kier molecular flexibility index (Phi) is 3.25. The molecule has 1 aromatic rings. The zero-order chi connectivity index (χ0) is 15.0. The molecule has 2 aliphatic rings. The van der Waals surface area contributed by atoms with E-state index < -0.39 is 6.04 Å². The van der Waals surface area contributed by atoms with Gasteiger partial charge in [0.05, 0.1) is 12.8 Å². The Morgan fingerprint density at radius 2 is 2.24 bits per heavy atom. The maximum Gasteiger partial charge on any atom is 0.327 e. The van der Waals surface area contributed by atoms with Crippen molar-refractivity contribution in [2.75, 3.05) is 26.2 Å². The molecule has 1 unspecified atom stereocenters. The average molecular weight is 289 g/mol. The Morgan fingerprint density at radius 3 is 2.90 bits per heavy atom. The summed E-state index contributed by atoms with van der Waals surface area (Å²) in [6.07, 6.45) is 2.94. The number of carbonyl (C=O) groups excluding carboxylic acids is 3. The Bertz CT molecular complexity index is 595. The van der Waals surface area contributed by atoms with Gasteiger partial charge in [0.25, 0.3) is 11.8 Å². The minimum Gasteiger partial charge on any atom is -0.459 e. The minimum atomic E-state index is -0.606. The molecule has 0 spiro atoms. The van der Waals surface area contributed by atoms with Crippen molar-refractivity contribution in [1.82, 2.24) is 14.7 Å². The van der Waals surface area contributed by atoms with Crippen LogP contribution in [0.1, 0.15) is 10.6 Å². The molecule has 2 fully saturated rings. The SMILES string of the molecule is C=CCN1C(=O)C2CN(C(=O)c3ccco3)CCN2C1=O. The number of hydrogen-bond donors (Lipinski definition) is 0. The minimum absolute atomic E-state index is 0.191. The lowest BCUT2D eigenvalue weighted by Gasteiger charge is -2.34. The van der Waals surface area contributed by atoms with Crippen molar-refractivity contribution in [2.24, 2.45) is 0 Å². The van der Waals surface area contributed by atoms with Crippen LogP contribution in [0.15, 0.2) is 35.5 Å². The van der Waals surface area contributed by atoms with Gasteiger partial charge in [-0.1, -0.05) is 6.08 Å². The summed E-state index contributed by atoms with van der Waals surface area (Å²) in [4.78, 5) is 40.8. The summed E-state index contributed by atoms with van der Waals surface area (Å²) in [5.41, 5.74) is 0. The number of furan rings is 1. The first kappa shape index (κ1) is 13.4. The van der Waals surface area contributed by atoms with E-state index in [1.54, 1.807) is 17.0 Å². The van der Waals surface area contributed by atoms with E-state index >= 15 is 0 Å². The molecule has 2 aliphatic heterocycles. The lowest BCUT2D eigenvalue weighted by molar-refractivity contribution is -0.128. The van der Waals surface area contributed by atoms with Crippen molar-refractivity contribution >= 4 is 17.8 Å². The van der Waals surface area contributed by atoms with Gasteiger partial charge in [-0.05, 0) is 12.1 Å². The summed E-state index contributed by atoms with van der Waals surface area (Å²) in [6.45, 7) is 4.66. The fourth-order valence-electron chi connectivity index (χ4n) is 2.69. The van der Waals surface area contributed by atoms with Crippen molar-refractivity contribution in [3.05, 3.63) is 36.8 Å². The molecule has 0 aliphatic carbocycles. The third-order valence-electron chi connectivity index (χ3n) is 3.74. The Hall–Kier alpha value is -2.57. The maximum atomic E-state index is 12.2. The topological polar surface area (TPSA) is 74.1 Å². The molecule has 110 valence electrons. The van der Waals surface area contributed by atoms with Gasteiger partial charge in [-0.3, -0.25) is 14.5 Å². The molecule has 1 atom stereocenters. The molecular formula is C14H15N3O4. The van der Waals surface area contributed by atoms with Crippen LogP contribution >= 0.6 is 0 Å². The predicted molar refractivity (Wildman–Crippen MR) is 72.4 cm³/mol. The van der Waals surface area contributed by atoms with Gasteiger partial charge in [-0.2, -0.15) is 0 Å². The Balaban J connectivity index is 1.76. The van der Waals surface area contributed by atoms with Crippen LogP contribution in [0.25, 0.3) is 0 Å². The fraction of sp³-hybridized carbons (Fsp3) is 0.357. The first-order valence-electron chi connectivity index (χ1n) is 6.69. The number of hydrogen-bond acceptors (Lipinski definition) is 4. The second-order valence-corrected chi connectivity index (χ2v) is 4.96. The van der Waals surface area contributed by atoms with Gasteiger partial charge in [0.2, 0.25) is 0 Å². The molecule has 0 aromatic carbocycles. The van der Waals surface area contributed by atoms with Gasteiger partial charge in [0.15, 0.2) is 5.76 Å². The summed E-state index contributed by atoms with van der Waals surface area (Å²) in [5.74, 6) is -0.304. The summed E-state index contributed by atoms with van der Waals surface area (Å²) >= 11 is 0. The number of urea groups is 1. The summed E-state index contributed by atoms with van der Waals surface area (Å²) in [5, 5.41) is 0. The van der Waals surface area contributed by atoms with Crippen LogP contribution in [0.3, 0.4) is 0 Å². The van der Waals surface area contributed by atoms with Crippen LogP contribution in [0, 0.1) is 0 Å². The number of piperazine rings is 1. The van der Waals surface area contributed by atoms with E-state index in [1.165, 1.54) is 22.1 Å². The molecule has 0 saturated carbocycles. The standard InChI is InChI=1S/C14H15N3O4/c1-2-5-17-12(18)10-9-15(6-7-16(10)14(17)20)13(19)11-4-3-8-21-11/h2-4,8,10H,1,5-7,9H2. The number of nitrogens with zero attached hydrogens (tertiary/aromatic N) is 3. The van der Waals surface area contributed by atoms with Crippen LogP contribution in [0.5, 0.6) is 0 Å². The van der Waals surface area contributed by atoms with Gasteiger partial charge in [-0.25, -0.2) is 4.79 Å². The fourth-order valence-corrected chi connectivity index (χ4v) is 2.69. The van der Waals surface area contributed by atoms with Crippen LogP contribution in [-0.2, 0) is 4.79 Å². The van der Waals surface area contributed by atoms with Crippen molar-refractivity contribution in [3.63, 3.8) is 0 Å². The normalized spacial score (nSPS) is 21.7. The third-order valence-corrected chi connectivity index (χ3v) is 3.74. The number of carbonyl (C=O) groups is 3. The molecule has 21 heavy (non-hydrogen) atoms. The molecule has 7 nitrogen and oxygen atoms in total. The molecule has 3 heterocycles. The maximum absolute atomic E-state index is 12.2. The van der Waals surface area contributed by atoms with Crippen LogP contribution in [0.2, 0.25) is 0 Å². The number of rotatable bonds is 3. The second kappa shape index (κ2) is 5.08. The zero-order valence-electron chi connectivity index (χ0n) is 11.4. The number of fused-ring (bicyclic) bond motifs is 1. The van der Waals surface area contributed by atoms with E-state index in [1.807, 2.05) is 0 Å². The molecule has 3 rings (SSSR count).